The van der Waals surface area contributed by atoms with Crippen LogP contribution in [-0.2, 0) is 21.2 Å². The molecule has 0 saturated heterocycles. The Morgan fingerprint density at radius 3 is 2.80 bits per heavy atom. The van der Waals surface area contributed by atoms with Crippen LogP contribution in [-0.4, -0.2) is 39.7 Å². The van der Waals surface area contributed by atoms with Gasteiger partial charge in [-0.25, -0.2) is 13.1 Å². The molecule has 6 nitrogen and oxygen atoms in total. The zero-order valence-electron chi connectivity index (χ0n) is 11.3. The third-order valence-corrected chi connectivity index (χ3v) is 3.90. The Hall–Kier alpha value is -1.44. The van der Waals surface area contributed by atoms with Gasteiger partial charge in [-0.2, -0.15) is 0 Å². The molecule has 20 heavy (non-hydrogen) atoms. The van der Waals surface area contributed by atoms with Crippen molar-refractivity contribution in [3.05, 3.63) is 29.8 Å². The second-order valence-corrected chi connectivity index (χ2v) is 6.69. The van der Waals surface area contributed by atoms with Gasteiger partial charge in [-0.1, -0.05) is 18.2 Å². The molecule has 7 heteroatoms. The number of aryl methyl sites for hydroxylation is 1. The molecule has 0 spiro atoms. The number of benzene rings is 1. The number of hydrogen-bond acceptors (Lipinski definition) is 4. The highest BCUT2D eigenvalue weighted by Gasteiger charge is 2.22. The molecule has 3 N–H and O–H groups in total. The summed E-state index contributed by atoms with van der Waals surface area (Å²) in [7, 11) is -3.18. The lowest BCUT2D eigenvalue weighted by Crippen LogP contribution is -2.43. The van der Waals surface area contributed by atoms with Crippen molar-refractivity contribution in [1.82, 2.24) is 10.0 Å². The molecule has 0 saturated carbocycles. The molecule has 1 unspecified atom stereocenters. The Morgan fingerprint density at radius 2 is 2.05 bits per heavy atom. The van der Waals surface area contributed by atoms with Gasteiger partial charge in [-0.15, -0.1) is 0 Å². The number of amides is 1. The highest BCUT2D eigenvalue weighted by molar-refractivity contribution is 7.88. The molecular formula is C13H19N3O3S. The molecule has 110 valence electrons. The largest absolute Gasteiger partial charge is 0.324 e. The average Bonchev–Trinajstić information content (AvgIpc) is 2.53. The summed E-state index contributed by atoms with van der Waals surface area (Å²) < 4.78 is 24.3. The lowest BCUT2D eigenvalue weighted by molar-refractivity contribution is -0.118. The Kier molecular flexibility index (Phi) is 4.74. The summed E-state index contributed by atoms with van der Waals surface area (Å²) in [4.78, 5) is 12.1. The minimum Gasteiger partial charge on any atom is -0.324 e. The number of sulfonamides is 1. The molecule has 1 aliphatic heterocycles. The van der Waals surface area contributed by atoms with E-state index in [9.17, 15) is 13.2 Å². The molecule has 1 aromatic carbocycles. The monoisotopic (exact) mass is 297 g/mol. The summed E-state index contributed by atoms with van der Waals surface area (Å²) >= 11 is 0. The second kappa shape index (κ2) is 6.34. The fourth-order valence-corrected chi connectivity index (χ4v) is 2.66. The van der Waals surface area contributed by atoms with Gasteiger partial charge >= 0.3 is 0 Å². The van der Waals surface area contributed by atoms with Crippen molar-refractivity contribution in [2.24, 2.45) is 0 Å². The molecule has 2 rings (SSSR count). The van der Waals surface area contributed by atoms with E-state index in [2.05, 4.69) is 15.4 Å². The number of anilines is 1. The van der Waals surface area contributed by atoms with E-state index < -0.39 is 10.0 Å². The Balaban J connectivity index is 1.87. The quantitative estimate of drug-likeness (QED) is 0.672. The maximum absolute atomic E-state index is 12.1. The van der Waals surface area contributed by atoms with Crippen LogP contribution in [0.15, 0.2) is 24.3 Å². The molecule has 0 fully saturated rings. The van der Waals surface area contributed by atoms with Crippen molar-refractivity contribution >= 4 is 21.6 Å². The van der Waals surface area contributed by atoms with E-state index in [-0.39, 0.29) is 18.5 Å². The summed E-state index contributed by atoms with van der Waals surface area (Å²) in [5.74, 6) is -0.0747. The van der Waals surface area contributed by atoms with Gasteiger partial charge in [0.25, 0.3) is 0 Å². The number of rotatable bonds is 5. The normalized spacial score (nSPS) is 19.1. The first-order valence-electron chi connectivity index (χ1n) is 6.52. The summed E-state index contributed by atoms with van der Waals surface area (Å²) in [6, 6.07) is 7.44. The van der Waals surface area contributed by atoms with Gasteiger partial charge in [-0.05, 0) is 24.5 Å². The molecule has 0 bridgehead atoms. The molecule has 1 aromatic rings. The predicted molar refractivity (Wildman–Crippen MR) is 78.0 cm³/mol. The smallest absolute Gasteiger partial charge is 0.241 e. The first-order valence-corrected chi connectivity index (χ1v) is 8.41. The van der Waals surface area contributed by atoms with E-state index in [4.69, 9.17) is 0 Å². The van der Waals surface area contributed by atoms with E-state index in [1.54, 1.807) is 0 Å². The fraction of sp³-hybridized carbons (Fsp3) is 0.462. The Bertz CT molecular complexity index is 586. The van der Waals surface area contributed by atoms with E-state index >= 15 is 0 Å². The van der Waals surface area contributed by atoms with Crippen molar-refractivity contribution in [2.75, 3.05) is 24.7 Å². The minimum atomic E-state index is -3.18. The maximum Gasteiger partial charge on any atom is 0.241 e. The molecule has 0 radical (unpaired) electrons. The third-order valence-electron chi connectivity index (χ3n) is 3.17. The van der Waals surface area contributed by atoms with Crippen molar-refractivity contribution in [3.63, 3.8) is 0 Å². The van der Waals surface area contributed by atoms with Gasteiger partial charge in [0.05, 0.1) is 12.3 Å². The summed E-state index contributed by atoms with van der Waals surface area (Å²) in [6.07, 6.45) is 2.62. The molecule has 0 aliphatic carbocycles. The van der Waals surface area contributed by atoms with Crippen molar-refractivity contribution < 1.29 is 13.2 Å². The van der Waals surface area contributed by atoms with Crippen LogP contribution < -0.4 is 15.4 Å². The van der Waals surface area contributed by atoms with Gasteiger partial charge in [0.2, 0.25) is 15.9 Å². The predicted octanol–water partition coefficient (Wildman–Crippen LogP) is 0.0787. The van der Waals surface area contributed by atoms with Crippen LogP contribution in [0, 0.1) is 0 Å². The molecule has 0 aromatic heterocycles. The van der Waals surface area contributed by atoms with Gasteiger partial charge in [0.1, 0.15) is 0 Å². The fourth-order valence-electron chi connectivity index (χ4n) is 2.19. The van der Waals surface area contributed by atoms with E-state index in [0.29, 0.717) is 13.0 Å². The van der Waals surface area contributed by atoms with Crippen LogP contribution in [0.2, 0.25) is 0 Å². The Morgan fingerprint density at radius 1 is 1.30 bits per heavy atom. The minimum absolute atomic E-state index is 0.0747. The van der Waals surface area contributed by atoms with Crippen molar-refractivity contribution in [2.45, 2.75) is 18.9 Å². The van der Waals surface area contributed by atoms with E-state index in [1.165, 1.54) is 0 Å². The van der Waals surface area contributed by atoms with Crippen LogP contribution in [0.4, 0.5) is 5.69 Å². The SMILES string of the molecule is CS(=O)(=O)NCCNC1CCc2ccccc2NC1=O. The number of fused-ring (bicyclic) bond motifs is 1. The zero-order chi connectivity index (χ0) is 14.6. The number of carbonyl (C=O) groups excluding carboxylic acids is 1. The van der Waals surface area contributed by atoms with Gasteiger partial charge in [0.15, 0.2) is 0 Å². The van der Waals surface area contributed by atoms with E-state index in [1.807, 2.05) is 24.3 Å². The summed E-state index contributed by atoms with van der Waals surface area (Å²) in [5.41, 5.74) is 1.98. The number of hydrogen-bond donors (Lipinski definition) is 3. The number of para-hydroxylation sites is 1. The van der Waals surface area contributed by atoms with Gasteiger partial charge in [0, 0.05) is 18.8 Å². The maximum atomic E-state index is 12.1. The standard InChI is InChI=1S/C13H19N3O3S/c1-20(18,19)15-9-8-14-12-7-6-10-4-2-3-5-11(10)16-13(12)17/h2-5,12,14-15H,6-9H2,1H3,(H,16,17). The summed E-state index contributed by atoms with van der Waals surface area (Å²) in [6.45, 7) is 0.692. The van der Waals surface area contributed by atoms with Crippen LogP contribution in [0.1, 0.15) is 12.0 Å². The van der Waals surface area contributed by atoms with Crippen LogP contribution >= 0.6 is 0 Å². The average molecular weight is 297 g/mol. The van der Waals surface area contributed by atoms with Gasteiger partial charge < -0.3 is 10.6 Å². The van der Waals surface area contributed by atoms with Gasteiger partial charge in [-0.3, -0.25) is 4.79 Å². The molecule has 1 amide bonds. The first-order chi connectivity index (χ1) is 9.46. The zero-order valence-corrected chi connectivity index (χ0v) is 12.2. The molecular weight excluding hydrogens is 278 g/mol. The van der Waals surface area contributed by atoms with Crippen LogP contribution in [0.3, 0.4) is 0 Å². The second-order valence-electron chi connectivity index (χ2n) is 4.86. The first kappa shape index (κ1) is 15.0. The van der Waals surface area contributed by atoms with Crippen molar-refractivity contribution in [3.8, 4) is 0 Å². The Labute approximate surface area is 119 Å². The highest BCUT2D eigenvalue weighted by atomic mass is 32.2. The summed E-state index contributed by atoms with van der Waals surface area (Å²) in [5, 5.41) is 5.97. The van der Waals surface area contributed by atoms with Crippen LogP contribution in [0.5, 0.6) is 0 Å². The molecule has 1 heterocycles. The highest BCUT2D eigenvalue weighted by Crippen LogP contribution is 2.21. The van der Waals surface area contributed by atoms with Crippen molar-refractivity contribution in [1.29, 1.82) is 0 Å². The van der Waals surface area contributed by atoms with E-state index in [0.717, 1.165) is 23.9 Å². The third kappa shape index (κ3) is 4.29. The van der Waals surface area contributed by atoms with Crippen LogP contribution in [0.25, 0.3) is 0 Å². The lowest BCUT2D eigenvalue weighted by Gasteiger charge is -2.15. The number of nitrogens with one attached hydrogen (secondary N) is 3. The topological polar surface area (TPSA) is 87.3 Å². The number of carbonyl (C=O) groups is 1. The molecule has 1 aliphatic rings. The molecule has 1 atom stereocenters. The lowest BCUT2D eigenvalue weighted by atomic mass is 10.1.